The average Bonchev–Trinajstić information content (AvgIpc) is 2.61. The Morgan fingerprint density at radius 2 is 1.60 bits per heavy atom. The molecule has 0 spiro atoms. The maximum Gasteiger partial charge on any atom is 0.306 e. The van der Waals surface area contributed by atoms with Crippen LogP contribution in [-0.4, -0.2) is 25.0 Å². The van der Waals surface area contributed by atoms with E-state index in [1.54, 1.807) is 0 Å². The van der Waals surface area contributed by atoms with Gasteiger partial charge in [-0.3, -0.25) is 9.59 Å². The smallest absolute Gasteiger partial charge is 0.306 e. The van der Waals surface area contributed by atoms with Crippen LogP contribution in [0.1, 0.15) is 56.9 Å². The van der Waals surface area contributed by atoms with E-state index in [0.717, 1.165) is 44.1 Å². The van der Waals surface area contributed by atoms with Gasteiger partial charge in [-0.1, -0.05) is 43.2 Å². The van der Waals surface area contributed by atoms with Crippen molar-refractivity contribution >= 4 is 24.3 Å². The van der Waals surface area contributed by atoms with Crippen molar-refractivity contribution < 1.29 is 14.3 Å². The Morgan fingerprint density at radius 1 is 0.920 bits per heavy atom. The number of halogens is 1. The SMILES string of the molecule is Cl.NCCCCCC(=O)NCCCCCC(=O)OCc1ccccc1. The molecule has 0 aliphatic heterocycles. The van der Waals surface area contributed by atoms with E-state index in [4.69, 9.17) is 10.5 Å². The molecular formula is C19H31ClN2O3. The molecule has 0 saturated carbocycles. The molecule has 0 saturated heterocycles. The third-order valence-electron chi connectivity index (χ3n) is 3.73. The molecule has 5 nitrogen and oxygen atoms in total. The number of carbonyl (C=O) groups is 2. The van der Waals surface area contributed by atoms with E-state index in [2.05, 4.69) is 5.32 Å². The number of carbonyl (C=O) groups excluding carboxylic acids is 2. The van der Waals surface area contributed by atoms with Gasteiger partial charge in [0, 0.05) is 19.4 Å². The van der Waals surface area contributed by atoms with Crippen LogP contribution in [0.15, 0.2) is 30.3 Å². The van der Waals surface area contributed by atoms with Crippen molar-refractivity contribution in [1.82, 2.24) is 5.32 Å². The van der Waals surface area contributed by atoms with Gasteiger partial charge in [0.2, 0.25) is 5.91 Å². The molecule has 6 heteroatoms. The topological polar surface area (TPSA) is 81.4 Å². The number of unbranched alkanes of at least 4 members (excludes halogenated alkanes) is 4. The molecule has 0 bridgehead atoms. The van der Waals surface area contributed by atoms with Crippen LogP contribution in [-0.2, 0) is 20.9 Å². The van der Waals surface area contributed by atoms with Crippen LogP contribution < -0.4 is 11.1 Å². The summed E-state index contributed by atoms with van der Waals surface area (Å²) in [6.07, 6.45) is 6.49. The van der Waals surface area contributed by atoms with Crippen molar-refractivity contribution in [2.45, 2.75) is 58.0 Å². The van der Waals surface area contributed by atoms with Crippen LogP contribution in [0.2, 0.25) is 0 Å². The first-order chi connectivity index (χ1) is 11.7. The van der Waals surface area contributed by atoms with Gasteiger partial charge < -0.3 is 15.8 Å². The summed E-state index contributed by atoms with van der Waals surface area (Å²) in [5.74, 6) is -0.0583. The molecule has 0 aliphatic carbocycles. The van der Waals surface area contributed by atoms with Crippen molar-refractivity contribution in [2.75, 3.05) is 13.1 Å². The van der Waals surface area contributed by atoms with Crippen molar-refractivity contribution in [3.8, 4) is 0 Å². The fraction of sp³-hybridized carbons (Fsp3) is 0.579. The Hall–Kier alpha value is -1.59. The molecule has 3 N–H and O–H groups in total. The standard InChI is InChI=1S/C19H30N2O3.ClH/c20-14-8-2-6-12-18(22)21-15-9-3-7-13-19(23)24-16-17-10-4-1-5-11-17;/h1,4-5,10-11H,2-3,6-9,12-16,20H2,(H,21,22);1H. The first-order valence-electron chi connectivity index (χ1n) is 8.88. The highest BCUT2D eigenvalue weighted by Crippen LogP contribution is 2.05. The number of rotatable bonds is 13. The summed E-state index contributed by atoms with van der Waals surface area (Å²) in [7, 11) is 0. The lowest BCUT2D eigenvalue weighted by atomic mass is 10.1. The Morgan fingerprint density at radius 3 is 2.32 bits per heavy atom. The third kappa shape index (κ3) is 13.4. The van der Waals surface area contributed by atoms with E-state index in [1.165, 1.54) is 0 Å². The molecule has 1 aromatic carbocycles. The van der Waals surface area contributed by atoms with Gasteiger partial charge in [-0.2, -0.15) is 0 Å². The number of hydrogen-bond donors (Lipinski definition) is 2. The molecule has 25 heavy (non-hydrogen) atoms. The number of nitrogens with one attached hydrogen (secondary N) is 1. The van der Waals surface area contributed by atoms with E-state index < -0.39 is 0 Å². The molecule has 142 valence electrons. The van der Waals surface area contributed by atoms with Crippen molar-refractivity contribution in [3.63, 3.8) is 0 Å². The highest BCUT2D eigenvalue weighted by Gasteiger charge is 2.04. The minimum absolute atomic E-state index is 0. The number of esters is 1. The molecule has 1 amide bonds. The molecule has 0 aliphatic rings. The van der Waals surface area contributed by atoms with Gasteiger partial charge in [0.25, 0.3) is 0 Å². The molecule has 1 rings (SSSR count). The van der Waals surface area contributed by atoms with Crippen molar-refractivity contribution in [1.29, 1.82) is 0 Å². The molecule has 0 atom stereocenters. The number of ether oxygens (including phenoxy) is 1. The lowest BCUT2D eigenvalue weighted by molar-refractivity contribution is -0.145. The van der Waals surface area contributed by atoms with Gasteiger partial charge in [0.05, 0.1) is 0 Å². The molecular weight excluding hydrogens is 340 g/mol. The Kier molecular flexibility index (Phi) is 14.9. The van der Waals surface area contributed by atoms with Crippen LogP contribution in [0.4, 0.5) is 0 Å². The van der Waals surface area contributed by atoms with E-state index >= 15 is 0 Å². The summed E-state index contributed by atoms with van der Waals surface area (Å²) in [6.45, 7) is 1.70. The molecule has 0 heterocycles. The monoisotopic (exact) mass is 370 g/mol. The zero-order valence-corrected chi connectivity index (χ0v) is 15.7. The fourth-order valence-corrected chi connectivity index (χ4v) is 2.30. The summed E-state index contributed by atoms with van der Waals surface area (Å²) in [5.41, 5.74) is 6.41. The van der Waals surface area contributed by atoms with Crippen molar-refractivity contribution in [3.05, 3.63) is 35.9 Å². The average molecular weight is 371 g/mol. The number of nitrogens with two attached hydrogens (primary N) is 1. The summed E-state index contributed by atoms with van der Waals surface area (Å²) >= 11 is 0. The summed E-state index contributed by atoms with van der Waals surface area (Å²) in [4.78, 5) is 23.2. The zero-order chi connectivity index (χ0) is 17.5. The number of benzene rings is 1. The lowest BCUT2D eigenvalue weighted by Gasteiger charge is -2.06. The minimum atomic E-state index is -0.164. The van der Waals surface area contributed by atoms with Crippen LogP contribution in [0.25, 0.3) is 0 Å². The Labute approximate surface area is 157 Å². The van der Waals surface area contributed by atoms with Crippen LogP contribution in [0, 0.1) is 0 Å². The lowest BCUT2D eigenvalue weighted by Crippen LogP contribution is -2.24. The quantitative estimate of drug-likeness (QED) is 0.412. The molecule has 1 aromatic rings. The molecule has 0 fully saturated rings. The second kappa shape index (κ2) is 15.9. The summed E-state index contributed by atoms with van der Waals surface area (Å²) in [6, 6.07) is 9.66. The Balaban J connectivity index is 0.00000576. The minimum Gasteiger partial charge on any atom is -0.461 e. The van der Waals surface area contributed by atoms with Crippen molar-refractivity contribution in [2.24, 2.45) is 5.73 Å². The zero-order valence-electron chi connectivity index (χ0n) is 14.9. The number of hydrogen-bond acceptors (Lipinski definition) is 4. The van der Waals surface area contributed by atoms with Gasteiger partial charge in [0.1, 0.15) is 6.61 Å². The van der Waals surface area contributed by atoms with Gasteiger partial charge >= 0.3 is 5.97 Å². The maximum absolute atomic E-state index is 11.6. The van der Waals surface area contributed by atoms with Crippen LogP contribution in [0.3, 0.4) is 0 Å². The van der Waals surface area contributed by atoms with E-state index in [1.807, 2.05) is 30.3 Å². The first kappa shape index (κ1) is 23.4. The van der Waals surface area contributed by atoms with E-state index in [-0.39, 0.29) is 24.3 Å². The second-order valence-electron chi connectivity index (χ2n) is 5.91. The summed E-state index contributed by atoms with van der Waals surface area (Å²) < 4.78 is 5.22. The maximum atomic E-state index is 11.6. The largest absolute Gasteiger partial charge is 0.461 e. The summed E-state index contributed by atoms with van der Waals surface area (Å²) in [5, 5.41) is 2.91. The Bertz CT molecular complexity index is 469. The molecule has 0 aromatic heterocycles. The van der Waals surface area contributed by atoms with Gasteiger partial charge in [-0.25, -0.2) is 0 Å². The highest BCUT2D eigenvalue weighted by atomic mass is 35.5. The predicted molar refractivity (Wildman–Crippen MR) is 102 cm³/mol. The van der Waals surface area contributed by atoms with Gasteiger partial charge in [-0.15, -0.1) is 12.4 Å². The third-order valence-corrected chi connectivity index (χ3v) is 3.73. The van der Waals surface area contributed by atoms with E-state index in [0.29, 0.717) is 32.5 Å². The van der Waals surface area contributed by atoms with E-state index in [9.17, 15) is 9.59 Å². The number of amides is 1. The fourth-order valence-electron chi connectivity index (χ4n) is 2.30. The van der Waals surface area contributed by atoms with Crippen LogP contribution >= 0.6 is 12.4 Å². The normalized spacial score (nSPS) is 9.96. The molecule has 0 radical (unpaired) electrons. The van der Waals surface area contributed by atoms with Gasteiger partial charge in [0.15, 0.2) is 0 Å². The van der Waals surface area contributed by atoms with Gasteiger partial charge in [-0.05, 0) is 37.8 Å². The highest BCUT2D eigenvalue weighted by molar-refractivity contribution is 5.85. The first-order valence-corrected chi connectivity index (χ1v) is 8.88. The second-order valence-corrected chi connectivity index (χ2v) is 5.91. The van der Waals surface area contributed by atoms with Crippen LogP contribution in [0.5, 0.6) is 0 Å². The predicted octanol–water partition coefficient (Wildman–Crippen LogP) is 3.35. The molecule has 0 unspecified atom stereocenters.